The Bertz CT molecular complexity index is 982. The number of anilines is 3. The lowest BCUT2D eigenvalue weighted by molar-refractivity contribution is -0.141. The molecule has 3 aromatic rings. The van der Waals surface area contributed by atoms with Crippen LogP contribution in [0.1, 0.15) is 25.5 Å². The van der Waals surface area contributed by atoms with Crippen molar-refractivity contribution in [3.05, 3.63) is 30.2 Å². The number of H-pyrrole nitrogens is 1. The normalized spacial score (nSPS) is 16.9. The number of fused-ring (bicyclic) bond motifs is 1. The zero-order valence-corrected chi connectivity index (χ0v) is 15.0. The number of alkyl halides is 3. The lowest BCUT2D eigenvalue weighted by Crippen LogP contribution is -2.41. The monoisotopic (exact) mass is 393 g/mol. The molecule has 148 valence electrons. The Labute approximate surface area is 158 Å². The van der Waals surface area contributed by atoms with E-state index in [1.165, 1.54) is 6.07 Å². The van der Waals surface area contributed by atoms with Gasteiger partial charge in [0, 0.05) is 30.6 Å². The van der Waals surface area contributed by atoms with Crippen LogP contribution in [0.25, 0.3) is 11.2 Å². The summed E-state index contributed by atoms with van der Waals surface area (Å²) >= 11 is 0. The first kappa shape index (κ1) is 18.4. The molecule has 0 bridgehead atoms. The lowest BCUT2D eigenvalue weighted by atomic mass is 9.93. The summed E-state index contributed by atoms with van der Waals surface area (Å²) in [5.41, 5.74) is 0.0389. The zero-order chi connectivity index (χ0) is 19.8. The van der Waals surface area contributed by atoms with E-state index in [4.69, 9.17) is 4.74 Å². The summed E-state index contributed by atoms with van der Waals surface area (Å²) in [7, 11) is 0. The smallest absolute Gasteiger partial charge is 0.381 e. The van der Waals surface area contributed by atoms with E-state index in [1.54, 1.807) is 6.20 Å². The predicted octanol–water partition coefficient (Wildman–Crippen LogP) is 3.49. The number of nitrogens with one attached hydrogen (secondary N) is 3. The minimum atomic E-state index is -4.52. The largest absolute Gasteiger partial charge is 0.433 e. The second-order valence-corrected chi connectivity index (χ2v) is 6.87. The van der Waals surface area contributed by atoms with Crippen molar-refractivity contribution in [2.24, 2.45) is 0 Å². The van der Waals surface area contributed by atoms with Gasteiger partial charge in [0.1, 0.15) is 11.2 Å². The van der Waals surface area contributed by atoms with Gasteiger partial charge >= 0.3 is 6.18 Å². The van der Waals surface area contributed by atoms with Gasteiger partial charge in [0.25, 0.3) is 0 Å². The van der Waals surface area contributed by atoms with Crippen LogP contribution in [-0.2, 0) is 10.9 Å². The summed E-state index contributed by atoms with van der Waals surface area (Å²) in [6.45, 7) is 3.43. The van der Waals surface area contributed by atoms with E-state index < -0.39 is 11.9 Å². The number of hydrogen-bond donors (Lipinski definition) is 3. The summed E-state index contributed by atoms with van der Waals surface area (Å²) < 4.78 is 43.8. The first-order chi connectivity index (χ1) is 13.3. The molecule has 0 aliphatic carbocycles. The van der Waals surface area contributed by atoms with E-state index in [9.17, 15) is 13.2 Å². The van der Waals surface area contributed by atoms with Gasteiger partial charge in [-0.3, -0.25) is 4.98 Å². The summed E-state index contributed by atoms with van der Waals surface area (Å²) in [6, 6.07) is 2.34. The minimum absolute atomic E-state index is 0.158. The number of ether oxygens (including phenoxy) is 1. The Balaban J connectivity index is 1.54. The van der Waals surface area contributed by atoms with Crippen molar-refractivity contribution in [1.82, 2.24) is 24.9 Å². The molecule has 0 spiro atoms. The SMILES string of the molecule is CC1(Nc2ncc3[nH]c(Nc4ccnc(C(F)(F)F)c4)nc3n2)CCOCC1. The molecule has 1 aliphatic rings. The second-order valence-electron chi connectivity index (χ2n) is 6.87. The third-order valence-electron chi connectivity index (χ3n) is 4.56. The van der Waals surface area contributed by atoms with Crippen LogP contribution in [0.5, 0.6) is 0 Å². The lowest BCUT2D eigenvalue weighted by Gasteiger charge is -2.34. The van der Waals surface area contributed by atoms with Crippen molar-refractivity contribution < 1.29 is 17.9 Å². The molecule has 1 aliphatic heterocycles. The van der Waals surface area contributed by atoms with E-state index in [1.807, 2.05) is 0 Å². The fourth-order valence-electron chi connectivity index (χ4n) is 2.94. The molecule has 28 heavy (non-hydrogen) atoms. The van der Waals surface area contributed by atoms with Crippen molar-refractivity contribution >= 4 is 28.7 Å². The van der Waals surface area contributed by atoms with Crippen LogP contribution in [0.4, 0.5) is 30.8 Å². The maximum Gasteiger partial charge on any atom is 0.433 e. The molecule has 4 rings (SSSR count). The Morgan fingerprint density at radius 1 is 1.18 bits per heavy atom. The summed E-state index contributed by atoms with van der Waals surface area (Å²) in [5.74, 6) is 0.705. The number of aromatic nitrogens is 5. The summed E-state index contributed by atoms with van der Waals surface area (Å²) in [5, 5.41) is 6.13. The van der Waals surface area contributed by atoms with Gasteiger partial charge in [-0.2, -0.15) is 23.1 Å². The van der Waals surface area contributed by atoms with Gasteiger partial charge in [0.2, 0.25) is 11.9 Å². The molecule has 3 aromatic heterocycles. The van der Waals surface area contributed by atoms with Crippen LogP contribution >= 0.6 is 0 Å². The van der Waals surface area contributed by atoms with E-state index in [2.05, 4.69) is 42.5 Å². The number of nitrogens with zero attached hydrogens (tertiary/aromatic N) is 4. The fraction of sp³-hybridized carbons (Fsp3) is 0.412. The van der Waals surface area contributed by atoms with Crippen molar-refractivity contribution in [3.8, 4) is 0 Å². The number of imidazole rings is 1. The van der Waals surface area contributed by atoms with Gasteiger partial charge in [0.15, 0.2) is 5.65 Å². The highest BCUT2D eigenvalue weighted by Gasteiger charge is 2.32. The quantitative estimate of drug-likeness (QED) is 0.624. The molecule has 4 heterocycles. The second kappa shape index (κ2) is 6.89. The number of aromatic amines is 1. The van der Waals surface area contributed by atoms with Crippen LogP contribution in [-0.4, -0.2) is 43.7 Å². The predicted molar refractivity (Wildman–Crippen MR) is 96.3 cm³/mol. The van der Waals surface area contributed by atoms with Crippen LogP contribution < -0.4 is 10.6 Å². The fourth-order valence-corrected chi connectivity index (χ4v) is 2.94. The Hall–Kier alpha value is -2.95. The average molecular weight is 393 g/mol. The third-order valence-corrected chi connectivity index (χ3v) is 4.56. The highest BCUT2D eigenvalue weighted by molar-refractivity contribution is 5.74. The first-order valence-electron chi connectivity index (χ1n) is 8.70. The average Bonchev–Trinajstić information content (AvgIpc) is 3.03. The van der Waals surface area contributed by atoms with E-state index in [-0.39, 0.29) is 17.2 Å². The number of pyridine rings is 1. The van der Waals surface area contributed by atoms with E-state index in [0.717, 1.165) is 25.1 Å². The van der Waals surface area contributed by atoms with Gasteiger partial charge < -0.3 is 20.4 Å². The Morgan fingerprint density at radius 3 is 2.71 bits per heavy atom. The van der Waals surface area contributed by atoms with Gasteiger partial charge in [-0.05, 0) is 31.9 Å². The molecular weight excluding hydrogens is 375 g/mol. The number of rotatable bonds is 4. The van der Waals surface area contributed by atoms with Crippen LogP contribution in [0.15, 0.2) is 24.5 Å². The zero-order valence-electron chi connectivity index (χ0n) is 15.0. The standard InChI is InChI=1S/C17H18F3N7O/c1-16(3-6-28-7-4-16)27-14-22-9-11-13(25-14)26-15(24-11)23-10-2-5-21-12(8-10)17(18,19)20/h2,5,8-9H,3-4,6-7H2,1H3,(H3,21,22,23,24,25,26,27). The molecule has 8 nitrogen and oxygen atoms in total. The van der Waals surface area contributed by atoms with Gasteiger partial charge in [-0.25, -0.2) is 4.98 Å². The van der Waals surface area contributed by atoms with Crippen LogP contribution in [0.3, 0.4) is 0 Å². The van der Waals surface area contributed by atoms with Crippen LogP contribution in [0, 0.1) is 0 Å². The molecule has 0 unspecified atom stereocenters. The minimum Gasteiger partial charge on any atom is -0.381 e. The van der Waals surface area contributed by atoms with Crippen molar-refractivity contribution in [1.29, 1.82) is 0 Å². The van der Waals surface area contributed by atoms with Gasteiger partial charge in [0.05, 0.1) is 6.20 Å². The highest BCUT2D eigenvalue weighted by atomic mass is 19.4. The van der Waals surface area contributed by atoms with Crippen molar-refractivity contribution in [3.63, 3.8) is 0 Å². The Kier molecular flexibility index (Phi) is 4.53. The molecule has 0 amide bonds. The third kappa shape index (κ3) is 3.98. The van der Waals surface area contributed by atoms with E-state index >= 15 is 0 Å². The van der Waals surface area contributed by atoms with E-state index in [0.29, 0.717) is 30.3 Å². The van der Waals surface area contributed by atoms with Crippen molar-refractivity contribution in [2.45, 2.75) is 31.5 Å². The number of hydrogen-bond acceptors (Lipinski definition) is 7. The molecular formula is C17H18F3N7O. The molecule has 1 saturated heterocycles. The summed E-state index contributed by atoms with van der Waals surface area (Å²) in [6.07, 6.45) is -0.169. The maximum atomic E-state index is 12.8. The van der Waals surface area contributed by atoms with Crippen molar-refractivity contribution in [2.75, 3.05) is 23.8 Å². The highest BCUT2D eigenvalue weighted by Crippen LogP contribution is 2.29. The topological polar surface area (TPSA) is 101 Å². The molecule has 1 fully saturated rings. The number of halogens is 3. The maximum absolute atomic E-state index is 12.8. The molecule has 11 heteroatoms. The van der Waals surface area contributed by atoms with Crippen LogP contribution in [0.2, 0.25) is 0 Å². The molecule has 3 N–H and O–H groups in total. The molecule has 0 saturated carbocycles. The molecule has 0 atom stereocenters. The van der Waals surface area contributed by atoms with Gasteiger partial charge in [-0.1, -0.05) is 0 Å². The first-order valence-corrected chi connectivity index (χ1v) is 8.70. The van der Waals surface area contributed by atoms with Gasteiger partial charge in [-0.15, -0.1) is 0 Å². The molecule has 0 radical (unpaired) electrons. The summed E-state index contributed by atoms with van der Waals surface area (Å²) in [4.78, 5) is 19.3. The Morgan fingerprint density at radius 2 is 1.96 bits per heavy atom. The molecule has 0 aromatic carbocycles.